The van der Waals surface area contributed by atoms with E-state index < -0.39 is 0 Å². The molecule has 2 aromatic carbocycles. The maximum atomic E-state index is 4.65. The highest BCUT2D eigenvalue weighted by molar-refractivity contribution is 5.91. The summed E-state index contributed by atoms with van der Waals surface area (Å²) in [5.74, 6) is 0. The molecule has 3 heteroatoms. The van der Waals surface area contributed by atoms with E-state index in [9.17, 15) is 0 Å². The molecule has 3 nitrogen and oxygen atoms in total. The number of H-pyrrole nitrogens is 1. The predicted molar refractivity (Wildman–Crippen MR) is 88.3 cm³/mol. The van der Waals surface area contributed by atoms with Crippen LogP contribution in [0.5, 0.6) is 0 Å². The van der Waals surface area contributed by atoms with E-state index in [1.807, 2.05) is 12.4 Å². The summed E-state index contributed by atoms with van der Waals surface area (Å²) in [5, 5.41) is 1.34. The molecule has 0 atom stereocenters. The van der Waals surface area contributed by atoms with Gasteiger partial charge in [0.25, 0.3) is 0 Å². The monoisotopic (exact) mass is 285 g/mol. The number of aromatic nitrogens is 3. The number of benzene rings is 2. The van der Waals surface area contributed by atoms with Crippen LogP contribution in [-0.2, 0) is 12.8 Å². The van der Waals surface area contributed by atoms with Gasteiger partial charge in [-0.2, -0.15) is 0 Å². The van der Waals surface area contributed by atoms with Crippen LogP contribution in [0.2, 0.25) is 0 Å². The summed E-state index contributed by atoms with van der Waals surface area (Å²) < 4.78 is 2.20. The highest BCUT2D eigenvalue weighted by Crippen LogP contribution is 2.38. The minimum Gasteiger partial charge on any atom is -0.353 e. The van der Waals surface area contributed by atoms with Crippen LogP contribution in [-0.4, -0.2) is 14.5 Å². The van der Waals surface area contributed by atoms with E-state index in [2.05, 4.69) is 63.1 Å². The van der Waals surface area contributed by atoms with E-state index in [4.69, 9.17) is 0 Å². The van der Waals surface area contributed by atoms with Crippen molar-refractivity contribution in [2.24, 2.45) is 0 Å². The number of imidazole rings is 1. The van der Waals surface area contributed by atoms with Crippen molar-refractivity contribution < 1.29 is 0 Å². The zero-order valence-electron chi connectivity index (χ0n) is 12.1. The number of hydrogen-bond donors (Lipinski definition) is 1. The molecule has 5 rings (SSSR count). The summed E-state index contributed by atoms with van der Waals surface area (Å²) in [5.41, 5.74) is 7.40. The minimum absolute atomic E-state index is 1.00. The fourth-order valence-corrected chi connectivity index (χ4v) is 3.52. The van der Waals surface area contributed by atoms with Gasteiger partial charge in [-0.3, -0.25) is 4.57 Å². The lowest BCUT2D eigenvalue weighted by Gasteiger charge is -2.15. The number of fused-ring (bicyclic) bond motifs is 5. The molecule has 1 aliphatic rings. The van der Waals surface area contributed by atoms with E-state index in [-0.39, 0.29) is 0 Å². The third-order valence-electron chi connectivity index (χ3n) is 4.54. The molecule has 1 aliphatic carbocycles. The Morgan fingerprint density at radius 3 is 2.64 bits per heavy atom. The van der Waals surface area contributed by atoms with Crippen LogP contribution in [0.4, 0.5) is 0 Å². The molecule has 0 spiro atoms. The van der Waals surface area contributed by atoms with Crippen molar-refractivity contribution in [2.75, 3.05) is 0 Å². The molecule has 0 fully saturated rings. The Kier molecular flexibility index (Phi) is 2.33. The minimum atomic E-state index is 1.00. The Morgan fingerprint density at radius 2 is 1.73 bits per heavy atom. The molecule has 106 valence electrons. The number of hydrogen-bond acceptors (Lipinski definition) is 1. The molecule has 0 amide bonds. The van der Waals surface area contributed by atoms with Crippen molar-refractivity contribution in [3.63, 3.8) is 0 Å². The summed E-state index contributed by atoms with van der Waals surface area (Å²) in [6, 6.07) is 19.0. The van der Waals surface area contributed by atoms with E-state index in [1.54, 1.807) is 0 Å². The first kappa shape index (κ1) is 11.8. The zero-order valence-corrected chi connectivity index (χ0v) is 12.1. The van der Waals surface area contributed by atoms with E-state index in [1.165, 1.54) is 33.5 Å². The molecule has 2 aromatic heterocycles. The van der Waals surface area contributed by atoms with Gasteiger partial charge in [0.15, 0.2) is 0 Å². The van der Waals surface area contributed by atoms with Gasteiger partial charge in [0, 0.05) is 16.6 Å². The van der Waals surface area contributed by atoms with E-state index in [0.29, 0.717) is 0 Å². The third-order valence-corrected chi connectivity index (χ3v) is 4.54. The van der Waals surface area contributed by atoms with Crippen LogP contribution in [0.25, 0.3) is 28.0 Å². The number of nitrogens with zero attached hydrogens (tertiary/aromatic N) is 2. The lowest BCUT2D eigenvalue weighted by molar-refractivity contribution is 0.908. The standard InChI is InChI=1S/C19H15N3/c1-2-6-13(7-3-1)22-12-20-17-11-10-15-14-8-4-5-9-16(14)21-18(15)19(17)22/h1-9,12,21H,10-11H2. The first-order valence-electron chi connectivity index (χ1n) is 7.63. The summed E-state index contributed by atoms with van der Waals surface area (Å²) in [4.78, 5) is 8.25. The maximum absolute atomic E-state index is 4.65. The number of aromatic amines is 1. The summed E-state index contributed by atoms with van der Waals surface area (Å²) in [6.45, 7) is 0. The fourth-order valence-electron chi connectivity index (χ4n) is 3.52. The van der Waals surface area contributed by atoms with Gasteiger partial charge in [-0.1, -0.05) is 36.4 Å². The summed E-state index contributed by atoms with van der Waals surface area (Å²) in [6.07, 6.45) is 4.00. The zero-order chi connectivity index (χ0) is 14.5. The van der Waals surface area contributed by atoms with Gasteiger partial charge in [0.2, 0.25) is 0 Å². The molecule has 0 saturated heterocycles. The van der Waals surface area contributed by atoms with Crippen LogP contribution in [0.3, 0.4) is 0 Å². The molecule has 0 saturated carbocycles. The van der Waals surface area contributed by atoms with E-state index >= 15 is 0 Å². The van der Waals surface area contributed by atoms with E-state index in [0.717, 1.165) is 18.5 Å². The Hall–Kier alpha value is -2.81. The molecule has 22 heavy (non-hydrogen) atoms. The number of para-hydroxylation sites is 2. The number of nitrogens with one attached hydrogen (secondary N) is 1. The van der Waals surface area contributed by atoms with Gasteiger partial charge in [-0.05, 0) is 36.6 Å². The largest absolute Gasteiger partial charge is 0.353 e. The Morgan fingerprint density at radius 1 is 0.909 bits per heavy atom. The Bertz CT molecular complexity index is 977. The normalized spacial score (nSPS) is 13.1. The molecule has 0 bridgehead atoms. The molecular weight excluding hydrogens is 270 g/mol. The maximum Gasteiger partial charge on any atom is 0.100 e. The molecule has 2 heterocycles. The number of aryl methyl sites for hydroxylation is 2. The second kappa shape index (κ2) is 4.34. The Labute approximate surface area is 128 Å². The molecule has 0 radical (unpaired) electrons. The first-order valence-corrected chi connectivity index (χ1v) is 7.63. The lowest BCUT2D eigenvalue weighted by atomic mass is 9.96. The van der Waals surface area contributed by atoms with Crippen LogP contribution < -0.4 is 0 Å². The number of rotatable bonds is 1. The van der Waals surface area contributed by atoms with Crippen molar-refractivity contribution in [3.05, 3.63) is 72.2 Å². The SMILES string of the molecule is c1ccc(-n2cnc3c2-c2[nH]c4ccccc4c2CC3)cc1. The second-order valence-electron chi connectivity index (χ2n) is 5.77. The van der Waals surface area contributed by atoms with Gasteiger partial charge < -0.3 is 4.98 Å². The average molecular weight is 285 g/mol. The molecule has 0 aliphatic heterocycles. The molecule has 1 N–H and O–H groups in total. The van der Waals surface area contributed by atoms with Crippen LogP contribution in [0.15, 0.2) is 60.9 Å². The highest BCUT2D eigenvalue weighted by Gasteiger charge is 2.25. The lowest BCUT2D eigenvalue weighted by Crippen LogP contribution is -2.05. The highest BCUT2D eigenvalue weighted by atomic mass is 15.1. The molecule has 0 unspecified atom stereocenters. The smallest absolute Gasteiger partial charge is 0.100 e. The van der Waals surface area contributed by atoms with Crippen molar-refractivity contribution >= 4 is 10.9 Å². The van der Waals surface area contributed by atoms with Gasteiger partial charge in [-0.15, -0.1) is 0 Å². The predicted octanol–water partition coefficient (Wildman–Crippen LogP) is 4.12. The molecular formula is C19H15N3. The van der Waals surface area contributed by atoms with Gasteiger partial charge in [-0.25, -0.2) is 4.98 Å². The second-order valence-corrected chi connectivity index (χ2v) is 5.77. The van der Waals surface area contributed by atoms with Crippen molar-refractivity contribution in [1.29, 1.82) is 0 Å². The molecule has 4 aromatic rings. The first-order chi connectivity index (χ1) is 10.9. The van der Waals surface area contributed by atoms with Crippen LogP contribution in [0, 0.1) is 0 Å². The van der Waals surface area contributed by atoms with Gasteiger partial charge >= 0.3 is 0 Å². The fraction of sp³-hybridized carbons (Fsp3) is 0.105. The van der Waals surface area contributed by atoms with Gasteiger partial charge in [0.05, 0.1) is 17.1 Å². The summed E-state index contributed by atoms with van der Waals surface area (Å²) >= 11 is 0. The van der Waals surface area contributed by atoms with Crippen molar-refractivity contribution in [3.8, 4) is 17.1 Å². The van der Waals surface area contributed by atoms with Crippen molar-refractivity contribution in [2.45, 2.75) is 12.8 Å². The Balaban J connectivity index is 1.82. The van der Waals surface area contributed by atoms with Crippen molar-refractivity contribution in [1.82, 2.24) is 14.5 Å². The van der Waals surface area contributed by atoms with Crippen LogP contribution >= 0.6 is 0 Å². The topological polar surface area (TPSA) is 33.6 Å². The third kappa shape index (κ3) is 1.53. The summed E-state index contributed by atoms with van der Waals surface area (Å²) in [7, 11) is 0. The van der Waals surface area contributed by atoms with Gasteiger partial charge in [0.1, 0.15) is 6.33 Å². The quantitative estimate of drug-likeness (QED) is 0.561. The average Bonchev–Trinajstić information content (AvgIpc) is 3.16. The van der Waals surface area contributed by atoms with Crippen LogP contribution in [0.1, 0.15) is 11.3 Å².